The van der Waals surface area contributed by atoms with E-state index < -0.39 is 0 Å². The van der Waals surface area contributed by atoms with Gasteiger partial charge in [0.05, 0.1) is 5.54 Å². The molecular weight excluding hydrogens is 232 g/mol. The van der Waals surface area contributed by atoms with E-state index in [0.717, 1.165) is 25.0 Å². The van der Waals surface area contributed by atoms with E-state index in [1.165, 1.54) is 31.4 Å². The van der Waals surface area contributed by atoms with Gasteiger partial charge < -0.3 is 5.32 Å². The molecule has 2 aliphatic rings. The summed E-state index contributed by atoms with van der Waals surface area (Å²) in [5, 5.41) is 3.78. The second-order valence-corrected chi connectivity index (χ2v) is 6.42. The van der Waals surface area contributed by atoms with Crippen LogP contribution in [0.3, 0.4) is 0 Å². The molecule has 2 heteroatoms. The second-order valence-electron chi connectivity index (χ2n) is 6.42. The molecule has 1 aromatic carbocycles. The molecule has 2 fully saturated rings. The van der Waals surface area contributed by atoms with E-state index in [1.807, 2.05) is 0 Å². The smallest absolute Gasteiger partial charge is 0.0535 e. The lowest BCUT2D eigenvalue weighted by molar-refractivity contribution is 0.203. The van der Waals surface area contributed by atoms with E-state index in [9.17, 15) is 0 Å². The first kappa shape index (κ1) is 13.1. The molecule has 0 radical (unpaired) electrons. The summed E-state index contributed by atoms with van der Waals surface area (Å²) in [6.07, 6.45) is 4.04. The molecule has 104 valence electrons. The van der Waals surface area contributed by atoms with Crippen LogP contribution in [0.15, 0.2) is 30.3 Å². The van der Waals surface area contributed by atoms with Crippen molar-refractivity contribution in [1.82, 2.24) is 10.2 Å². The van der Waals surface area contributed by atoms with Crippen LogP contribution < -0.4 is 5.32 Å². The van der Waals surface area contributed by atoms with Gasteiger partial charge in [0.2, 0.25) is 0 Å². The van der Waals surface area contributed by atoms with Gasteiger partial charge >= 0.3 is 0 Å². The first-order valence-corrected chi connectivity index (χ1v) is 7.77. The van der Waals surface area contributed by atoms with Crippen molar-refractivity contribution in [3.8, 4) is 0 Å². The van der Waals surface area contributed by atoms with E-state index in [1.54, 1.807) is 0 Å². The van der Waals surface area contributed by atoms with E-state index in [2.05, 4.69) is 54.4 Å². The topological polar surface area (TPSA) is 15.3 Å². The fourth-order valence-corrected chi connectivity index (χ4v) is 3.59. The maximum absolute atomic E-state index is 3.78. The summed E-state index contributed by atoms with van der Waals surface area (Å²) in [7, 11) is 0. The predicted octanol–water partition coefficient (Wildman–Crippen LogP) is 3.00. The van der Waals surface area contributed by atoms with Crippen molar-refractivity contribution in [1.29, 1.82) is 0 Å². The largest absolute Gasteiger partial charge is 0.307 e. The average Bonchev–Trinajstić information content (AvgIpc) is 3.23. The fourth-order valence-electron chi connectivity index (χ4n) is 3.59. The SMILES string of the molecule is CCC1CC1N1CCCNC(C)(c2ccccc2)C1. The van der Waals surface area contributed by atoms with Crippen molar-refractivity contribution in [3.05, 3.63) is 35.9 Å². The minimum Gasteiger partial charge on any atom is -0.307 e. The molecule has 1 saturated heterocycles. The van der Waals surface area contributed by atoms with Crippen LogP contribution in [-0.2, 0) is 5.54 Å². The Hall–Kier alpha value is -0.860. The molecule has 1 heterocycles. The highest BCUT2D eigenvalue weighted by atomic mass is 15.2. The Morgan fingerprint density at radius 2 is 2.11 bits per heavy atom. The molecule has 1 aromatic rings. The molecule has 1 aliphatic carbocycles. The Balaban J connectivity index is 1.77. The van der Waals surface area contributed by atoms with Gasteiger partial charge in [0.1, 0.15) is 0 Å². The standard InChI is InChI=1S/C17H26N2/c1-3-14-12-16(14)19-11-7-10-18-17(2,13-19)15-8-5-4-6-9-15/h4-6,8-9,14,16,18H,3,7,10-13H2,1-2H3. The number of nitrogens with one attached hydrogen (secondary N) is 1. The first-order valence-electron chi connectivity index (χ1n) is 7.77. The van der Waals surface area contributed by atoms with Crippen LogP contribution in [0, 0.1) is 5.92 Å². The summed E-state index contributed by atoms with van der Waals surface area (Å²) in [5.74, 6) is 0.957. The number of benzene rings is 1. The molecule has 3 atom stereocenters. The normalized spacial score (nSPS) is 35.9. The molecule has 0 aromatic heterocycles. The van der Waals surface area contributed by atoms with E-state index >= 15 is 0 Å². The minimum atomic E-state index is 0.110. The third-order valence-corrected chi connectivity index (χ3v) is 4.95. The van der Waals surface area contributed by atoms with Gasteiger partial charge in [-0.2, -0.15) is 0 Å². The van der Waals surface area contributed by atoms with Gasteiger partial charge in [-0.1, -0.05) is 43.7 Å². The summed E-state index contributed by atoms with van der Waals surface area (Å²) in [4.78, 5) is 2.74. The molecule has 3 rings (SSSR count). The third kappa shape index (κ3) is 2.70. The molecule has 0 bridgehead atoms. The van der Waals surface area contributed by atoms with Crippen LogP contribution in [0.2, 0.25) is 0 Å². The average molecular weight is 258 g/mol. The molecule has 1 saturated carbocycles. The molecule has 3 unspecified atom stereocenters. The molecule has 1 N–H and O–H groups in total. The van der Waals surface area contributed by atoms with Crippen molar-refractivity contribution in [2.75, 3.05) is 19.6 Å². The Morgan fingerprint density at radius 1 is 1.32 bits per heavy atom. The summed E-state index contributed by atoms with van der Waals surface area (Å²) in [6.45, 7) is 8.24. The lowest BCUT2D eigenvalue weighted by Crippen LogP contribution is -2.47. The molecular formula is C17H26N2. The quantitative estimate of drug-likeness (QED) is 0.896. The molecule has 0 amide bonds. The highest BCUT2D eigenvalue weighted by Gasteiger charge is 2.43. The van der Waals surface area contributed by atoms with Gasteiger partial charge in [-0.15, -0.1) is 0 Å². The zero-order valence-electron chi connectivity index (χ0n) is 12.2. The van der Waals surface area contributed by atoms with Crippen molar-refractivity contribution in [2.45, 2.75) is 44.7 Å². The predicted molar refractivity (Wildman–Crippen MR) is 80.2 cm³/mol. The Labute approximate surface area is 117 Å². The van der Waals surface area contributed by atoms with Gasteiger partial charge in [0.25, 0.3) is 0 Å². The number of hydrogen-bond donors (Lipinski definition) is 1. The minimum absolute atomic E-state index is 0.110. The first-order chi connectivity index (χ1) is 9.23. The zero-order valence-corrected chi connectivity index (χ0v) is 12.2. The highest BCUT2D eigenvalue weighted by Crippen LogP contribution is 2.40. The summed E-state index contributed by atoms with van der Waals surface area (Å²) in [5.41, 5.74) is 1.54. The van der Waals surface area contributed by atoms with Crippen LogP contribution in [0.1, 0.15) is 38.7 Å². The van der Waals surface area contributed by atoms with E-state index in [0.29, 0.717) is 0 Å². The van der Waals surface area contributed by atoms with Gasteiger partial charge in [-0.3, -0.25) is 4.90 Å². The van der Waals surface area contributed by atoms with Crippen LogP contribution in [0.25, 0.3) is 0 Å². The van der Waals surface area contributed by atoms with Crippen molar-refractivity contribution >= 4 is 0 Å². The monoisotopic (exact) mass is 258 g/mol. The summed E-state index contributed by atoms with van der Waals surface area (Å²) in [6, 6.07) is 11.8. The highest BCUT2D eigenvalue weighted by molar-refractivity contribution is 5.24. The third-order valence-electron chi connectivity index (χ3n) is 4.95. The van der Waals surface area contributed by atoms with Crippen LogP contribution >= 0.6 is 0 Å². The number of rotatable bonds is 3. The van der Waals surface area contributed by atoms with Crippen molar-refractivity contribution in [3.63, 3.8) is 0 Å². The number of hydrogen-bond acceptors (Lipinski definition) is 2. The van der Waals surface area contributed by atoms with Crippen LogP contribution in [0.4, 0.5) is 0 Å². The van der Waals surface area contributed by atoms with Crippen LogP contribution in [-0.4, -0.2) is 30.6 Å². The summed E-state index contributed by atoms with van der Waals surface area (Å²) >= 11 is 0. The maximum Gasteiger partial charge on any atom is 0.0535 e. The molecule has 19 heavy (non-hydrogen) atoms. The maximum atomic E-state index is 3.78. The van der Waals surface area contributed by atoms with Crippen LogP contribution in [0.5, 0.6) is 0 Å². The second kappa shape index (κ2) is 5.26. The lowest BCUT2D eigenvalue weighted by Gasteiger charge is -2.34. The van der Waals surface area contributed by atoms with Gasteiger partial charge in [0, 0.05) is 12.6 Å². The number of nitrogens with zero attached hydrogens (tertiary/aromatic N) is 1. The van der Waals surface area contributed by atoms with Gasteiger partial charge in [-0.25, -0.2) is 0 Å². The fraction of sp³-hybridized carbons (Fsp3) is 0.647. The van der Waals surface area contributed by atoms with Gasteiger partial charge in [-0.05, 0) is 44.3 Å². The Kier molecular flexibility index (Phi) is 3.64. The molecule has 0 spiro atoms. The van der Waals surface area contributed by atoms with Crippen molar-refractivity contribution in [2.24, 2.45) is 5.92 Å². The zero-order chi connectivity index (χ0) is 13.3. The summed E-state index contributed by atoms with van der Waals surface area (Å²) < 4.78 is 0. The molecule has 1 aliphatic heterocycles. The lowest BCUT2D eigenvalue weighted by atomic mass is 9.91. The Morgan fingerprint density at radius 3 is 2.79 bits per heavy atom. The van der Waals surface area contributed by atoms with Crippen molar-refractivity contribution < 1.29 is 0 Å². The molecule has 2 nitrogen and oxygen atoms in total. The van der Waals surface area contributed by atoms with E-state index in [-0.39, 0.29) is 5.54 Å². The van der Waals surface area contributed by atoms with Gasteiger partial charge in [0.15, 0.2) is 0 Å². The van der Waals surface area contributed by atoms with E-state index in [4.69, 9.17) is 0 Å². The Bertz CT molecular complexity index is 417.